The van der Waals surface area contributed by atoms with Crippen LogP contribution in [0.3, 0.4) is 0 Å². The van der Waals surface area contributed by atoms with Crippen LogP contribution in [0.4, 0.5) is 5.95 Å². The van der Waals surface area contributed by atoms with E-state index in [0.29, 0.717) is 17.6 Å². The lowest BCUT2D eigenvalue weighted by Gasteiger charge is -2.25. The lowest BCUT2D eigenvalue weighted by atomic mass is 9.93. The third-order valence-corrected chi connectivity index (χ3v) is 4.93. The molecule has 1 N–H and O–H groups in total. The summed E-state index contributed by atoms with van der Waals surface area (Å²) in [6.07, 6.45) is 11.4. The zero-order chi connectivity index (χ0) is 15.8. The molecule has 6 heteroatoms. The van der Waals surface area contributed by atoms with Crippen LogP contribution in [0.5, 0.6) is 0 Å². The summed E-state index contributed by atoms with van der Waals surface area (Å²) in [5.74, 6) is 0.218. The van der Waals surface area contributed by atoms with Crippen LogP contribution in [0.25, 0.3) is 0 Å². The van der Waals surface area contributed by atoms with Crippen LogP contribution < -0.4 is 5.32 Å². The second-order valence-electron chi connectivity index (χ2n) is 6.51. The van der Waals surface area contributed by atoms with Crippen molar-refractivity contribution >= 4 is 11.9 Å². The summed E-state index contributed by atoms with van der Waals surface area (Å²) in [5, 5.41) is 7.13. The van der Waals surface area contributed by atoms with Gasteiger partial charge in [-0.1, -0.05) is 0 Å². The number of nitrogens with one attached hydrogen (secondary N) is 1. The Balaban J connectivity index is 1.52. The summed E-state index contributed by atoms with van der Waals surface area (Å²) in [4.78, 5) is 21.4. The van der Waals surface area contributed by atoms with E-state index in [9.17, 15) is 4.79 Å². The fraction of sp³-hybridized carbons (Fsp3) is 0.529. The lowest BCUT2D eigenvalue weighted by Crippen LogP contribution is -2.18. The van der Waals surface area contributed by atoms with Crippen molar-refractivity contribution in [3.05, 3.63) is 34.9 Å². The highest BCUT2D eigenvalue weighted by Gasteiger charge is 2.22. The van der Waals surface area contributed by atoms with Crippen molar-refractivity contribution in [3.8, 4) is 0 Å². The molecule has 6 nitrogen and oxygen atoms in total. The molecule has 0 aromatic carbocycles. The minimum atomic E-state index is -0.189. The maximum atomic E-state index is 12.4. The van der Waals surface area contributed by atoms with Crippen LogP contribution in [0.15, 0.2) is 12.4 Å². The van der Waals surface area contributed by atoms with E-state index in [2.05, 4.69) is 20.4 Å². The molecule has 0 unspecified atom stereocenters. The number of hydrogen-bond donors (Lipinski definition) is 1. The standard InChI is InChI=1S/C17H21N5O/c1-11-14-7-2-3-8-15(14)20-17(19-11)21-16(23)12-9-18-22(10-12)13-5-4-6-13/h9-10,13H,2-8H2,1H3,(H,19,20,21,23). The highest BCUT2D eigenvalue weighted by atomic mass is 16.1. The molecule has 2 aliphatic rings. The first-order valence-corrected chi connectivity index (χ1v) is 8.42. The van der Waals surface area contributed by atoms with Gasteiger partial charge in [0, 0.05) is 17.6 Å². The number of aromatic nitrogens is 4. The topological polar surface area (TPSA) is 72.7 Å². The average Bonchev–Trinajstić information content (AvgIpc) is 2.95. The molecule has 23 heavy (non-hydrogen) atoms. The van der Waals surface area contributed by atoms with Crippen molar-refractivity contribution in [2.45, 2.75) is 57.9 Å². The number of nitrogens with zero attached hydrogens (tertiary/aromatic N) is 4. The van der Waals surface area contributed by atoms with Gasteiger partial charge in [0.2, 0.25) is 5.95 Å². The van der Waals surface area contributed by atoms with Crippen molar-refractivity contribution in [1.82, 2.24) is 19.7 Å². The number of aryl methyl sites for hydroxylation is 2. The molecule has 2 aliphatic carbocycles. The van der Waals surface area contributed by atoms with Gasteiger partial charge in [0.1, 0.15) is 0 Å². The van der Waals surface area contributed by atoms with Crippen LogP contribution >= 0.6 is 0 Å². The highest BCUT2D eigenvalue weighted by molar-refractivity contribution is 6.02. The van der Waals surface area contributed by atoms with E-state index in [1.54, 1.807) is 6.20 Å². The largest absolute Gasteiger partial charge is 0.290 e. The number of anilines is 1. The third-order valence-electron chi connectivity index (χ3n) is 4.93. The Kier molecular flexibility index (Phi) is 3.59. The fourth-order valence-electron chi connectivity index (χ4n) is 3.32. The molecule has 2 aromatic heterocycles. The van der Waals surface area contributed by atoms with E-state index < -0.39 is 0 Å². The first-order valence-electron chi connectivity index (χ1n) is 8.42. The van der Waals surface area contributed by atoms with Gasteiger partial charge in [0.25, 0.3) is 5.91 Å². The predicted molar refractivity (Wildman–Crippen MR) is 86.5 cm³/mol. The average molecular weight is 311 g/mol. The zero-order valence-electron chi connectivity index (χ0n) is 13.4. The summed E-state index contributed by atoms with van der Waals surface area (Å²) in [6.45, 7) is 2.00. The number of rotatable bonds is 3. The molecule has 1 amide bonds. The number of amides is 1. The molecule has 0 atom stereocenters. The van der Waals surface area contributed by atoms with Gasteiger partial charge >= 0.3 is 0 Å². The Bertz CT molecular complexity index is 747. The molecule has 1 saturated carbocycles. The Morgan fingerprint density at radius 3 is 2.83 bits per heavy atom. The van der Waals surface area contributed by atoms with Gasteiger partial charge in [0.15, 0.2) is 0 Å². The van der Waals surface area contributed by atoms with Crippen molar-refractivity contribution in [3.63, 3.8) is 0 Å². The van der Waals surface area contributed by atoms with Crippen LogP contribution in [-0.4, -0.2) is 25.7 Å². The maximum absolute atomic E-state index is 12.4. The number of carbonyl (C=O) groups excluding carboxylic acids is 1. The summed E-state index contributed by atoms with van der Waals surface area (Å²) in [7, 11) is 0. The van der Waals surface area contributed by atoms with Crippen molar-refractivity contribution < 1.29 is 4.79 Å². The summed E-state index contributed by atoms with van der Waals surface area (Å²) < 4.78 is 1.90. The Hall–Kier alpha value is -2.24. The van der Waals surface area contributed by atoms with Gasteiger partial charge in [-0.25, -0.2) is 9.97 Å². The molecule has 4 rings (SSSR count). The van der Waals surface area contributed by atoms with E-state index >= 15 is 0 Å². The zero-order valence-corrected chi connectivity index (χ0v) is 13.4. The van der Waals surface area contributed by atoms with Gasteiger partial charge in [-0.15, -0.1) is 0 Å². The quantitative estimate of drug-likeness (QED) is 0.946. The van der Waals surface area contributed by atoms with E-state index in [4.69, 9.17) is 0 Å². The molecule has 0 saturated heterocycles. The molecule has 0 spiro atoms. The maximum Gasteiger partial charge on any atom is 0.261 e. The molecule has 1 fully saturated rings. The molecular formula is C17H21N5O. The van der Waals surface area contributed by atoms with E-state index in [1.165, 1.54) is 18.4 Å². The minimum absolute atomic E-state index is 0.189. The van der Waals surface area contributed by atoms with Crippen molar-refractivity contribution in [2.75, 3.05) is 5.32 Å². The Morgan fingerprint density at radius 2 is 2.04 bits per heavy atom. The van der Waals surface area contributed by atoms with Gasteiger partial charge in [-0.05, 0) is 57.4 Å². The number of hydrogen-bond acceptors (Lipinski definition) is 4. The van der Waals surface area contributed by atoms with Crippen LogP contribution in [0, 0.1) is 6.92 Å². The Morgan fingerprint density at radius 1 is 1.22 bits per heavy atom. The first kappa shape index (κ1) is 14.4. The highest BCUT2D eigenvalue weighted by Crippen LogP contribution is 2.30. The second kappa shape index (κ2) is 5.76. The summed E-state index contributed by atoms with van der Waals surface area (Å²) in [6, 6.07) is 0.457. The lowest BCUT2D eigenvalue weighted by molar-refractivity contribution is 0.102. The minimum Gasteiger partial charge on any atom is -0.290 e. The number of carbonyl (C=O) groups is 1. The van der Waals surface area contributed by atoms with E-state index in [-0.39, 0.29) is 5.91 Å². The normalized spacial score (nSPS) is 17.4. The Labute approximate surface area is 135 Å². The van der Waals surface area contributed by atoms with Crippen molar-refractivity contribution in [2.24, 2.45) is 0 Å². The summed E-state index contributed by atoms with van der Waals surface area (Å²) in [5.41, 5.74) is 3.89. The smallest absolute Gasteiger partial charge is 0.261 e. The van der Waals surface area contributed by atoms with Crippen LogP contribution in [0.1, 0.15) is 65.5 Å². The van der Waals surface area contributed by atoms with Crippen molar-refractivity contribution in [1.29, 1.82) is 0 Å². The predicted octanol–water partition coefficient (Wildman–Crippen LogP) is 2.84. The second-order valence-corrected chi connectivity index (χ2v) is 6.51. The molecule has 2 aromatic rings. The molecule has 0 bridgehead atoms. The SMILES string of the molecule is Cc1nc(NC(=O)c2cnn(C3CCC3)c2)nc2c1CCCC2. The van der Waals surface area contributed by atoms with Gasteiger partial charge in [-0.3, -0.25) is 14.8 Å². The monoisotopic (exact) mass is 311 g/mol. The molecule has 0 aliphatic heterocycles. The number of fused-ring (bicyclic) bond motifs is 1. The molecule has 0 radical (unpaired) electrons. The molecular weight excluding hydrogens is 290 g/mol. The van der Waals surface area contributed by atoms with Crippen LogP contribution in [-0.2, 0) is 12.8 Å². The molecule has 120 valence electrons. The van der Waals surface area contributed by atoms with Gasteiger partial charge in [-0.2, -0.15) is 5.10 Å². The van der Waals surface area contributed by atoms with Crippen LogP contribution in [0.2, 0.25) is 0 Å². The van der Waals surface area contributed by atoms with E-state index in [1.807, 2.05) is 17.8 Å². The van der Waals surface area contributed by atoms with Gasteiger partial charge < -0.3 is 0 Å². The van der Waals surface area contributed by atoms with Gasteiger partial charge in [0.05, 0.1) is 17.8 Å². The van der Waals surface area contributed by atoms with E-state index in [0.717, 1.165) is 43.5 Å². The summed E-state index contributed by atoms with van der Waals surface area (Å²) >= 11 is 0. The fourth-order valence-corrected chi connectivity index (χ4v) is 3.32. The third kappa shape index (κ3) is 2.73. The molecule has 2 heterocycles. The first-order chi connectivity index (χ1) is 11.2.